The van der Waals surface area contributed by atoms with Gasteiger partial charge in [0.05, 0.1) is 5.69 Å². The van der Waals surface area contributed by atoms with E-state index in [1.807, 2.05) is 48.5 Å². The molecule has 1 saturated heterocycles. The summed E-state index contributed by atoms with van der Waals surface area (Å²) in [6.07, 6.45) is 0. The zero-order valence-electron chi connectivity index (χ0n) is 13.7. The fourth-order valence-corrected chi connectivity index (χ4v) is 2.92. The zero-order chi connectivity index (χ0) is 17.1. The van der Waals surface area contributed by atoms with Gasteiger partial charge in [-0.2, -0.15) is 0 Å². The number of hydrogen-bond acceptors (Lipinski definition) is 5. The molecule has 7 nitrogen and oxygen atoms in total. The van der Waals surface area contributed by atoms with E-state index in [-0.39, 0.29) is 11.7 Å². The standard InChI is InChI=1S/C18H18N6O/c25-18(17-19-21-24(20-17)16-9-5-2-6-10-16)23-13-11-22(12-14-23)15-7-3-1-4-8-15/h1-10H,11-14H2. The highest BCUT2D eigenvalue weighted by atomic mass is 16.2. The Morgan fingerprint density at radius 2 is 1.40 bits per heavy atom. The van der Waals surface area contributed by atoms with Gasteiger partial charge in [-0.05, 0) is 29.5 Å². The summed E-state index contributed by atoms with van der Waals surface area (Å²) in [6, 6.07) is 19.7. The average molecular weight is 334 g/mol. The third-order valence-corrected chi connectivity index (χ3v) is 4.28. The molecule has 0 spiro atoms. The SMILES string of the molecule is O=C(c1nnn(-c2ccccc2)n1)N1CCN(c2ccccc2)CC1. The molecule has 2 heterocycles. The maximum absolute atomic E-state index is 12.6. The number of carbonyl (C=O) groups excluding carboxylic acids is 1. The summed E-state index contributed by atoms with van der Waals surface area (Å²) in [5.41, 5.74) is 1.96. The van der Waals surface area contributed by atoms with Gasteiger partial charge in [-0.3, -0.25) is 4.79 Å². The summed E-state index contributed by atoms with van der Waals surface area (Å²) in [7, 11) is 0. The molecule has 1 aromatic heterocycles. The van der Waals surface area contributed by atoms with Crippen molar-refractivity contribution in [1.82, 2.24) is 25.1 Å². The maximum atomic E-state index is 12.6. The van der Waals surface area contributed by atoms with Crippen molar-refractivity contribution in [2.75, 3.05) is 31.1 Å². The Morgan fingerprint density at radius 1 is 0.800 bits per heavy atom. The van der Waals surface area contributed by atoms with Gasteiger partial charge >= 0.3 is 0 Å². The van der Waals surface area contributed by atoms with Crippen molar-refractivity contribution >= 4 is 11.6 Å². The van der Waals surface area contributed by atoms with Crippen molar-refractivity contribution in [3.63, 3.8) is 0 Å². The topological polar surface area (TPSA) is 67.2 Å². The lowest BCUT2D eigenvalue weighted by Crippen LogP contribution is -2.49. The lowest BCUT2D eigenvalue weighted by atomic mass is 10.2. The largest absolute Gasteiger partial charge is 0.368 e. The van der Waals surface area contributed by atoms with Crippen LogP contribution in [0.3, 0.4) is 0 Å². The molecule has 7 heteroatoms. The van der Waals surface area contributed by atoms with Crippen LogP contribution in [0.1, 0.15) is 10.6 Å². The smallest absolute Gasteiger partial charge is 0.295 e. The Kier molecular flexibility index (Phi) is 4.12. The fourth-order valence-electron chi connectivity index (χ4n) is 2.92. The van der Waals surface area contributed by atoms with Gasteiger partial charge in [0, 0.05) is 31.9 Å². The summed E-state index contributed by atoms with van der Waals surface area (Å²) in [6.45, 7) is 2.88. The molecule has 0 N–H and O–H groups in total. The Labute approximate surface area is 145 Å². The number of aromatic nitrogens is 4. The first-order valence-electron chi connectivity index (χ1n) is 8.26. The lowest BCUT2D eigenvalue weighted by Gasteiger charge is -2.35. The molecule has 2 aromatic carbocycles. The lowest BCUT2D eigenvalue weighted by molar-refractivity contribution is 0.0734. The Morgan fingerprint density at radius 3 is 2.04 bits per heavy atom. The molecule has 1 fully saturated rings. The molecule has 0 unspecified atom stereocenters. The molecular weight excluding hydrogens is 316 g/mol. The first kappa shape index (κ1) is 15.3. The number of tetrazole rings is 1. The fraction of sp³-hybridized carbons (Fsp3) is 0.222. The predicted octanol–water partition coefficient (Wildman–Crippen LogP) is 1.62. The molecular formula is C18H18N6O. The minimum absolute atomic E-state index is 0.136. The van der Waals surface area contributed by atoms with Gasteiger partial charge in [0.15, 0.2) is 0 Å². The van der Waals surface area contributed by atoms with Gasteiger partial charge in [-0.25, -0.2) is 0 Å². The molecule has 3 aromatic rings. The first-order valence-corrected chi connectivity index (χ1v) is 8.26. The summed E-state index contributed by atoms with van der Waals surface area (Å²) in [4.78, 5) is 18.1. The summed E-state index contributed by atoms with van der Waals surface area (Å²) >= 11 is 0. The van der Waals surface area contributed by atoms with E-state index in [2.05, 4.69) is 32.4 Å². The van der Waals surface area contributed by atoms with E-state index in [0.717, 1.165) is 18.8 Å². The zero-order valence-corrected chi connectivity index (χ0v) is 13.7. The molecule has 0 radical (unpaired) electrons. The van der Waals surface area contributed by atoms with Crippen molar-refractivity contribution in [3.05, 3.63) is 66.5 Å². The number of anilines is 1. The van der Waals surface area contributed by atoms with Crippen LogP contribution in [0.5, 0.6) is 0 Å². The summed E-state index contributed by atoms with van der Waals surface area (Å²) in [5.74, 6) is -0.0353. The highest BCUT2D eigenvalue weighted by Crippen LogP contribution is 2.16. The molecule has 0 saturated carbocycles. The highest BCUT2D eigenvalue weighted by Gasteiger charge is 2.25. The van der Waals surface area contributed by atoms with Gasteiger partial charge in [0.25, 0.3) is 11.7 Å². The first-order chi connectivity index (χ1) is 12.3. The van der Waals surface area contributed by atoms with E-state index < -0.39 is 0 Å². The summed E-state index contributed by atoms with van der Waals surface area (Å²) < 4.78 is 0. The monoisotopic (exact) mass is 334 g/mol. The minimum atomic E-state index is -0.171. The Bertz CT molecular complexity index is 840. The second-order valence-electron chi connectivity index (χ2n) is 5.85. The molecule has 1 amide bonds. The van der Waals surface area contributed by atoms with Crippen molar-refractivity contribution in [1.29, 1.82) is 0 Å². The quantitative estimate of drug-likeness (QED) is 0.728. The van der Waals surface area contributed by atoms with E-state index in [1.54, 1.807) is 4.90 Å². The van der Waals surface area contributed by atoms with Crippen LogP contribution in [-0.4, -0.2) is 57.2 Å². The number of hydrogen-bond donors (Lipinski definition) is 0. The summed E-state index contributed by atoms with van der Waals surface area (Å²) in [5, 5.41) is 12.1. The molecule has 1 aliphatic heterocycles. The molecule has 0 atom stereocenters. The van der Waals surface area contributed by atoms with Crippen LogP contribution in [-0.2, 0) is 0 Å². The predicted molar refractivity (Wildman–Crippen MR) is 93.7 cm³/mol. The van der Waals surface area contributed by atoms with Gasteiger partial charge in [0.1, 0.15) is 0 Å². The minimum Gasteiger partial charge on any atom is -0.368 e. The van der Waals surface area contributed by atoms with Crippen LogP contribution < -0.4 is 4.90 Å². The van der Waals surface area contributed by atoms with E-state index in [0.29, 0.717) is 13.1 Å². The van der Waals surface area contributed by atoms with Crippen LogP contribution in [0, 0.1) is 0 Å². The van der Waals surface area contributed by atoms with Crippen molar-refractivity contribution in [2.45, 2.75) is 0 Å². The van der Waals surface area contributed by atoms with Crippen LogP contribution in [0.2, 0.25) is 0 Å². The highest BCUT2D eigenvalue weighted by molar-refractivity contribution is 5.90. The van der Waals surface area contributed by atoms with Gasteiger partial charge < -0.3 is 9.80 Å². The van der Waals surface area contributed by atoms with Gasteiger partial charge in [-0.15, -0.1) is 15.0 Å². The van der Waals surface area contributed by atoms with E-state index in [4.69, 9.17) is 0 Å². The Balaban J connectivity index is 1.42. The van der Waals surface area contributed by atoms with E-state index in [1.165, 1.54) is 10.5 Å². The number of rotatable bonds is 3. The number of nitrogens with zero attached hydrogens (tertiary/aromatic N) is 6. The second kappa shape index (κ2) is 6.72. The molecule has 4 rings (SSSR count). The van der Waals surface area contributed by atoms with Crippen LogP contribution in [0.4, 0.5) is 5.69 Å². The number of para-hydroxylation sites is 2. The molecule has 25 heavy (non-hydrogen) atoms. The molecule has 126 valence electrons. The maximum Gasteiger partial charge on any atom is 0.295 e. The molecule has 1 aliphatic rings. The van der Waals surface area contributed by atoms with Crippen LogP contribution in [0.25, 0.3) is 5.69 Å². The van der Waals surface area contributed by atoms with Crippen molar-refractivity contribution in [2.24, 2.45) is 0 Å². The number of carbonyl (C=O) groups is 1. The van der Waals surface area contributed by atoms with Crippen molar-refractivity contribution < 1.29 is 4.79 Å². The Hall–Kier alpha value is -3.22. The average Bonchev–Trinajstić information content (AvgIpc) is 3.19. The van der Waals surface area contributed by atoms with Crippen molar-refractivity contribution in [3.8, 4) is 5.69 Å². The third kappa shape index (κ3) is 3.21. The van der Waals surface area contributed by atoms with E-state index >= 15 is 0 Å². The van der Waals surface area contributed by atoms with Crippen LogP contribution >= 0.6 is 0 Å². The van der Waals surface area contributed by atoms with E-state index in [9.17, 15) is 4.79 Å². The van der Waals surface area contributed by atoms with Crippen LogP contribution in [0.15, 0.2) is 60.7 Å². The number of piperazine rings is 1. The molecule has 0 aliphatic carbocycles. The number of benzene rings is 2. The normalized spacial score (nSPS) is 14.6. The van der Waals surface area contributed by atoms with Gasteiger partial charge in [-0.1, -0.05) is 36.4 Å². The van der Waals surface area contributed by atoms with Gasteiger partial charge in [0.2, 0.25) is 0 Å². The number of amides is 1. The molecule has 0 bridgehead atoms. The second-order valence-corrected chi connectivity index (χ2v) is 5.85. The third-order valence-electron chi connectivity index (χ3n) is 4.28.